The van der Waals surface area contributed by atoms with Crippen LogP contribution in [0.4, 0.5) is 0 Å². The van der Waals surface area contributed by atoms with Crippen LogP contribution in [-0.4, -0.2) is 29.1 Å². The Balaban J connectivity index is 1.97. The minimum absolute atomic E-state index is 0.161. The second kappa shape index (κ2) is 6.99. The van der Waals surface area contributed by atoms with Gasteiger partial charge >= 0.3 is 0 Å². The van der Waals surface area contributed by atoms with Crippen molar-refractivity contribution >= 4 is 5.91 Å². The summed E-state index contributed by atoms with van der Waals surface area (Å²) in [5.74, 6) is 0.886. The molecule has 2 N–H and O–H groups in total. The van der Waals surface area contributed by atoms with Crippen LogP contribution in [0.25, 0.3) is 0 Å². The van der Waals surface area contributed by atoms with Gasteiger partial charge in [0.15, 0.2) is 5.82 Å². The molecule has 0 fully saturated rings. The van der Waals surface area contributed by atoms with Crippen LogP contribution in [0.5, 0.6) is 0 Å². The van der Waals surface area contributed by atoms with E-state index in [2.05, 4.69) is 20.8 Å². The highest BCUT2D eigenvalue weighted by atomic mass is 16.5. The molecule has 2 rings (SSSR count). The van der Waals surface area contributed by atoms with Crippen molar-refractivity contribution in [1.29, 1.82) is 0 Å². The molecule has 0 aliphatic heterocycles. The lowest BCUT2D eigenvalue weighted by atomic mass is 10.2. The average molecular weight is 288 g/mol. The fourth-order valence-corrected chi connectivity index (χ4v) is 1.83. The molecule has 0 saturated carbocycles. The topological polar surface area (TPSA) is 80.0 Å². The maximum absolute atomic E-state index is 12.0. The second-order valence-corrected chi connectivity index (χ2v) is 5.00. The zero-order valence-electron chi connectivity index (χ0n) is 12.5. The second-order valence-electron chi connectivity index (χ2n) is 5.00. The van der Waals surface area contributed by atoms with Crippen molar-refractivity contribution in [2.24, 2.45) is 0 Å². The normalized spacial score (nSPS) is 13.7. The van der Waals surface area contributed by atoms with Gasteiger partial charge in [-0.1, -0.05) is 23.4 Å². The van der Waals surface area contributed by atoms with Crippen LogP contribution in [0.15, 0.2) is 34.9 Å². The number of rotatable bonds is 6. The highest BCUT2D eigenvalue weighted by molar-refractivity contribution is 5.94. The third-order valence-corrected chi connectivity index (χ3v) is 3.22. The van der Waals surface area contributed by atoms with Crippen LogP contribution in [0.2, 0.25) is 0 Å². The number of carbonyl (C=O) groups is 1. The maximum Gasteiger partial charge on any atom is 0.251 e. The molecule has 0 spiro atoms. The fourth-order valence-electron chi connectivity index (χ4n) is 1.83. The summed E-state index contributed by atoms with van der Waals surface area (Å²) in [6.45, 7) is 3.86. The van der Waals surface area contributed by atoms with Crippen molar-refractivity contribution in [3.05, 3.63) is 47.6 Å². The first-order chi connectivity index (χ1) is 10.1. The molecule has 0 saturated heterocycles. The summed E-state index contributed by atoms with van der Waals surface area (Å²) >= 11 is 0. The standard InChI is InChI=1S/C15H20N4O2/c1-10(16-3)9-13-18-15(21-19-13)11(2)17-14(20)12-7-5-4-6-8-12/h4-8,10-11,16H,9H2,1-3H3,(H,17,20). The summed E-state index contributed by atoms with van der Waals surface area (Å²) in [5.41, 5.74) is 0.605. The number of hydrogen-bond donors (Lipinski definition) is 2. The van der Waals surface area contributed by atoms with Gasteiger partial charge in [-0.25, -0.2) is 0 Å². The molecule has 1 heterocycles. The molecular weight excluding hydrogens is 268 g/mol. The highest BCUT2D eigenvalue weighted by Gasteiger charge is 2.18. The Labute approximate surface area is 123 Å². The van der Waals surface area contributed by atoms with Gasteiger partial charge in [0.1, 0.15) is 6.04 Å². The molecule has 1 amide bonds. The third kappa shape index (κ3) is 4.13. The van der Waals surface area contributed by atoms with E-state index >= 15 is 0 Å². The van der Waals surface area contributed by atoms with Crippen LogP contribution >= 0.6 is 0 Å². The SMILES string of the molecule is CNC(C)Cc1noc(C(C)NC(=O)c2ccccc2)n1. The van der Waals surface area contributed by atoms with E-state index < -0.39 is 0 Å². The van der Waals surface area contributed by atoms with E-state index in [1.165, 1.54) is 0 Å². The molecule has 0 bridgehead atoms. The van der Waals surface area contributed by atoms with Gasteiger partial charge < -0.3 is 15.2 Å². The molecule has 0 radical (unpaired) electrons. The van der Waals surface area contributed by atoms with E-state index in [0.29, 0.717) is 23.7 Å². The van der Waals surface area contributed by atoms with E-state index in [4.69, 9.17) is 4.52 Å². The van der Waals surface area contributed by atoms with Crippen molar-refractivity contribution in [2.45, 2.75) is 32.4 Å². The van der Waals surface area contributed by atoms with Gasteiger partial charge in [-0.15, -0.1) is 0 Å². The predicted molar refractivity (Wildman–Crippen MR) is 78.8 cm³/mol. The molecule has 2 unspecified atom stereocenters. The first-order valence-electron chi connectivity index (χ1n) is 6.95. The lowest BCUT2D eigenvalue weighted by Gasteiger charge is -2.09. The lowest BCUT2D eigenvalue weighted by Crippen LogP contribution is -2.27. The molecule has 1 aromatic heterocycles. The smallest absolute Gasteiger partial charge is 0.251 e. The molecule has 6 heteroatoms. The molecule has 2 aromatic rings. The van der Waals surface area contributed by atoms with Gasteiger partial charge in [-0.3, -0.25) is 4.79 Å². The Bertz CT molecular complexity index is 582. The molecule has 21 heavy (non-hydrogen) atoms. The number of amides is 1. The monoisotopic (exact) mass is 288 g/mol. The van der Waals surface area contributed by atoms with Crippen molar-refractivity contribution < 1.29 is 9.32 Å². The Morgan fingerprint density at radius 2 is 2.00 bits per heavy atom. The molecule has 0 aliphatic rings. The number of nitrogens with zero attached hydrogens (tertiary/aromatic N) is 2. The average Bonchev–Trinajstić information content (AvgIpc) is 2.96. The van der Waals surface area contributed by atoms with Crippen LogP contribution < -0.4 is 10.6 Å². The summed E-state index contributed by atoms with van der Waals surface area (Å²) in [7, 11) is 1.88. The minimum atomic E-state index is -0.330. The minimum Gasteiger partial charge on any atom is -0.341 e. The lowest BCUT2D eigenvalue weighted by molar-refractivity contribution is 0.0932. The summed E-state index contributed by atoms with van der Waals surface area (Å²) in [6, 6.07) is 8.97. The summed E-state index contributed by atoms with van der Waals surface area (Å²) < 4.78 is 5.20. The largest absolute Gasteiger partial charge is 0.341 e. The van der Waals surface area contributed by atoms with E-state index in [1.807, 2.05) is 39.1 Å². The Morgan fingerprint density at radius 1 is 1.29 bits per heavy atom. The van der Waals surface area contributed by atoms with Crippen molar-refractivity contribution in [3.63, 3.8) is 0 Å². The number of nitrogens with one attached hydrogen (secondary N) is 2. The fraction of sp³-hybridized carbons (Fsp3) is 0.400. The third-order valence-electron chi connectivity index (χ3n) is 3.22. The number of benzene rings is 1. The summed E-state index contributed by atoms with van der Waals surface area (Å²) in [6.07, 6.45) is 0.680. The molecule has 2 atom stereocenters. The van der Waals surface area contributed by atoms with Crippen molar-refractivity contribution in [1.82, 2.24) is 20.8 Å². The maximum atomic E-state index is 12.0. The summed E-state index contributed by atoms with van der Waals surface area (Å²) in [4.78, 5) is 16.4. The number of carbonyl (C=O) groups excluding carboxylic acids is 1. The zero-order chi connectivity index (χ0) is 15.2. The quantitative estimate of drug-likeness (QED) is 0.846. The van der Waals surface area contributed by atoms with Crippen molar-refractivity contribution in [3.8, 4) is 0 Å². The Hall–Kier alpha value is -2.21. The zero-order valence-corrected chi connectivity index (χ0v) is 12.5. The number of aromatic nitrogens is 2. The van der Waals surface area contributed by atoms with Crippen LogP contribution in [0, 0.1) is 0 Å². The van der Waals surface area contributed by atoms with Crippen LogP contribution in [0.3, 0.4) is 0 Å². The van der Waals surface area contributed by atoms with Crippen LogP contribution in [0.1, 0.15) is 42.0 Å². The van der Waals surface area contributed by atoms with Gasteiger partial charge in [0, 0.05) is 18.0 Å². The molecule has 6 nitrogen and oxygen atoms in total. The van der Waals surface area contributed by atoms with E-state index in [0.717, 1.165) is 0 Å². The van der Waals surface area contributed by atoms with Gasteiger partial charge in [-0.05, 0) is 33.0 Å². The molecular formula is C15H20N4O2. The van der Waals surface area contributed by atoms with Crippen LogP contribution in [-0.2, 0) is 6.42 Å². The molecule has 112 valence electrons. The number of likely N-dealkylation sites (N-methyl/N-ethyl adjacent to an activating group) is 1. The van der Waals surface area contributed by atoms with Gasteiger partial charge in [0.2, 0.25) is 5.89 Å². The highest BCUT2D eigenvalue weighted by Crippen LogP contribution is 2.11. The Morgan fingerprint density at radius 3 is 2.67 bits per heavy atom. The van der Waals surface area contributed by atoms with E-state index in [1.54, 1.807) is 12.1 Å². The first-order valence-corrected chi connectivity index (χ1v) is 6.95. The van der Waals surface area contributed by atoms with Crippen molar-refractivity contribution in [2.75, 3.05) is 7.05 Å². The molecule has 0 aliphatic carbocycles. The van der Waals surface area contributed by atoms with E-state index in [9.17, 15) is 4.79 Å². The number of hydrogen-bond acceptors (Lipinski definition) is 5. The first kappa shape index (κ1) is 15.2. The molecule has 1 aromatic carbocycles. The summed E-state index contributed by atoms with van der Waals surface area (Å²) in [5, 5.41) is 9.88. The Kier molecular flexibility index (Phi) is 5.05. The predicted octanol–water partition coefficient (Wildman–Crippen LogP) is 1.71. The van der Waals surface area contributed by atoms with Gasteiger partial charge in [0.25, 0.3) is 5.91 Å². The van der Waals surface area contributed by atoms with Gasteiger partial charge in [-0.2, -0.15) is 4.98 Å². The van der Waals surface area contributed by atoms with Gasteiger partial charge in [0.05, 0.1) is 0 Å². The van der Waals surface area contributed by atoms with E-state index in [-0.39, 0.29) is 18.0 Å².